The highest BCUT2D eigenvalue weighted by molar-refractivity contribution is 6.65. The highest BCUT2D eigenvalue weighted by Gasteiger charge is 2.82. The van der Waals surface area contributed by atoms with Crippen molar-refractivity contribution in [1.82, 2.24) is 0 Å². The van der Waals surface area contributed by atoms with E-state index in [1.165, 1.54) is 0 Å². The molecule has 0 heterocycles. The van der Waals surface area contributed by atoms with Crippen LogP contribution in [0.4, 0.5) is 0 Å². The summed E-state index contributed by atoms with van der Waals surface area (Å²) >= 11 is 38.3. The molecule has 0 nitrogen and oxygen atoms in total. The molecular formula is C11H10Cl6. The number of hydrogen-bond donors (Lipinski definition) is 0. The zero-order valence-electron chi connectivity index (χ0n) is 9.18. The molecule has 0 radical (unpaired) electrons. The Morgan fingerprint density at radius 3 is 1.88 bits per heavy atom. The Hall–Kier alpha value is 1.22. The van der Waals surface area contributed by atoms with E-state index in [0.29, 0.717) is 6.42 Å². The fraction of sp³-hybridized carbons (Fsp3) is 0.636. The molecule has 1 fully saturated rings. The van der Waals surface area contributed by atoms with Gasteiger partial charge in [-0.15, -0.1) is 23.2 Å². The number of fused-ring (bicyclic) bond motifs is 2. The van der Waals surface area contributed by atoms with Gasteiger partial charge in [-0.3, -0.25) is 0 Å². The first-order chi connectivity index (χ1) is 7.47. The van der Waals surface area contributed by atoms with Crippen LogP contribution in [-0.4, -0.2) is 14.1 Å². The quantitative estimate of drug-likeness (QED) is 0.412. The van der Waals surface area contributed by atoms with Crippen LogP contribution in [-0.2, 0) is 0 Å². The van der Waals surface area contributed by atoms with Crippen molar-refractivity contribution in [3.8, 4) is 0 Å². The maximum Gasteiger partial charge on any atom is 0.167 e. The Morgan fingerprint density at radius 1 is 1.12 bits per heavy atom. The van der Waals surface area contributed by atoms with E-state index in [1.807, 2.05) is 13.8 Å². The Morgan fingerprint density at radius 2 is 1.59 bits per heavy atom. The molecule has 1 saturated carbocycles. The maximum atomic E-state index is 6.64. The van der Waals surface area contributed by atoms with Crippen molar-refractivity contribution in [2.75, 3.05) is 0 Å². The molecule has 2 aliphatic carbocycles. The van der Waals surface area contributed by atoms with Gasteiger partial charge in [0.25, 0.3) is 0 Å². The first-order valence-electron chi connectivity index (χ1n) is 4.94. The van der Waals surface area contributed by atoms with Gasteiger partial charge in [0, 0.05) is 5.41 Å². The van der Waals surface area contributed by atoms with E-state index >= 15 is 0 Å². The summed E-state index contributed by atoms with van der Waals surface area (Å²) < 4.78 is -1.47. The second-order valence-electron chi connectivity index (χ2n) is 4.95. The minimum Gasteiger partial charge on any atom is -0.110 e. The minimum absolute atomic E-state index is 0.220. The number of hydrogen-bond acceptors (Lipinski definition) is 0. The Balaban J connectivity index is 2.80. The summed E-state index contributed by atoms with van der Waals surface area (Å²) in [7, 11) is 0. The van der Waals surface area contributed by atoms with Crippen molar-refractivity contribution in [1.29, 1.82) is 0 Å². The summed E-state index contributed by atoms with van der Waals surface area (Å²) in [6.07, 6.45) is 0.405. The first kappa shape index (κ1) is 14.6. The van der Waals surface area contributed by atoms with Gasteiger partial charge in [0.2, 0.25) is 0 Å². The molecule has 0 aromatic carbocycles. The van der Waals surface area contributed by atoms with Crippen molar-refractivity contribution in [2.45, 2.75) is 34.3 Å². The summed E-state index contributed by atoms with van der Waals surface area (Å²) in [5.41, 5.74) is 0.220. The van der Waals surface area contributed by atoms with E-state index in [2.05, 4.69) is 6.58 Å². The maximum absolute atomic E-state index is 6.64. The van der Waals surface area contributed by atoms with Gasteiger partial charge >= 0.3 is 0 Å². The molecule has 17 heavy (non-hydrogen) atoms. The Bertz CT molecular complexity index is 453. The highest BCUT2D eigenvalue weighted by atomic mass is 35.5. The molecule has 0 unspecified atom stereocenters. The monoisotopic (exact) mass is 352 g/mol. The molecule has 0 aromatic rings. The van der Waals surface area contributed by atoms with Gasteiger partial charge in [-0.05, 0) is 13.3 Å². The van der Waals surface area contributed by atoms with Crippen LogP contribution in [0.1, 0.15) is 20.3 Å². The lowest BCUT2D eigenvalue weighted by molar-refractivity contribution is 0.345. The summed E-state index contributed by atoms with van der Waals surface area (Å²) in [4.78, 5) is -2.40. The van der Waals surface area contributed by atoms with E-state index in [9.17, 15) is 0 Å². The van der Waals surface area contributed by atoms with E-state index in [-0.39, 0.29) is 10.1 Å². The van der Waals surface area contributed by atoms with Crippen LogP contribution in [0.25, 0.3) is 0 Å². The third kappa shape index (κ3) is 1.26. The average Bonchev–Trinajstić information content (AvgIpc) is 2.39. The zero-order chi connectivity index (χ0) is 13.4. The van der Waals surface area contributed by atoms with Gasteiger partial charge < -0.3 is 0 Å². The van der Waals surface area contributed by atoms with Gasteiger partial charge in [-0.1, -0.05) is 65.5 Å². The normalized spacial score (nSPS) is 47.8. The SMILES string of the molecule is C=C(C)[C@]1(C)C[C@@]2(Cl)C(Cl)=C(Cl)[C@]1(Cl)C2(Cl)Cl. The number of allylic oxidation sites excluding steroid dienone is 3. The van der Waals surface area contributed by atoms with E-state index in [4.69, 9.17) is 69.6 Å². The Kier molecular flexibility index (Phi) is 3.14. The lowest BCUT2D eigenvalue weighted by Gasteiger charge is -2.42. The largest absolute Gasteiger partial charge is 0.167 e. The van der Waals surface area contributed by atoms with Crippen LogP contribution in [0.5, 0.6) is 0 Å². The van der Waals surface area contributed by atoms with Crippen LogP contribution < -0.4 is 0 Å². The number of rotatable bonds is 1. The lowest BCUT2D eigenvalue weighted by Crippen LogP contribution is -2.48. The van der Waals surface area contributed by atoms with Crippen molar-refractivity contribution in [3.63, 3.8) is 0 Å². The second kappa shape index (κ2) is 3.65. The smallest absolute Gasteiger partial charge is 0.110 e. The standard InChI is InChI=1S/C11H10Cl6/c1-5(2)8(3)4-9(14)6(12)7(13)10(8,15)11(9,16)17/h1,4H2,2-3H3/t8-,9+,10+/m0/s1. The lowest BCUT2D eigenvalue weighted by atomic mass is 9.72. The van der Waals surface area contributed by atoms with E-state index in [1.54, 1.807) is 0 Å². The van der Waals surface area contributed by atoms with E-state index < -0.39 is 19.5 Å². The first-order valence-corrected chi connectivity index (χ1v) is 7.21. The third-order valence-corrected chi connectivity index (χ3v) is 8.44. The molecule has 0 aliphatic heterocycles. The molecule has 2 bridgehead atoms. The molecule has 0 spiro atoms. The summed E-state index contributed by atoms with van der Waals surface area (Å²) in [6.45, 7) is 7.70. The van der Waals surface area contributed by atoms with Gasteiger partial charge in [0.05, 0.1) is 10.1 Å². The van der Waals surface area contributed by atoms with Crippen LogP contribution in [0.2, 0.25) is 0 Å². The summed E-state index contributed by atoms with van der Waals surface area (Å²) in [6, 6.07) is 0. The van der Waals surface area contributed by atoms with Crippen molar-refractivity contribution < 1.29 is 0 Å². The molecule has 0 aromatic heterocycles. The number of alkyl halides is 4. The summed E-state index contributed by atoms with van der Waals surface area (Å²) in [5.74, 6) is 0. The molecule has 0 saturated heterocycles. The molecule has 2 rings (SSSR count). The zero-order valence-corrected chi connectivity index (χ0v) is 13.7. The molecule has 6 heteroatoms. The fourth-order valence-corrected chi connectivity index (χ4v) is 5.82. The molecule has 2 aliphatic rings. The molecular weight excluding hydrogens is 345 g/mol. The van der Waals surface area contributed by atoms with Gasteiger partial charge in [-0.25, -0.2) is 0 Å². The van der Waals surface area contributed by atoms with Crippen LogP contribution in [0, 0.1) is 5.41 Å². The average molecular weight is 355 g/mol. The third-order valence-electron chi connectivity index (χ3n) is 4.07. The topological polar surface area (TPSA) is 0 Å². The van der Waals surface area contributed by atoms with Crippen molar-refractivity contribution in [2.24, 2.45) is 5.41 Å². The fourth-order valence-electron chi connectivity index (χ4n) is 2.71. The highest BCUT2D eigenvalue weighted by Crippen LogP contribution is 2.79. The Labute approximate surface area is 131 Å². The molecule has 0 N–H and O–H groups in total. The van der Waals surface area contributed by atoms with Gasteiger partial charge in [0.15, 0.2) is 4.33 Å². The predicted octanol–water partition coefficient (Wildman–Crippen LogP) is 5.80. The van der Waals surface area contributed by atoms with Crippen molar-refractivity contribution in [3.05, 3.63) is 22.2 Å². The predicted molar refractivity (Wildman–Crippen MR) is 77.9 cm³/mol. The summed E-state index contributed by atoms with van der Waals surface area (Å²) in [5, 5.41) is 0.456. The second-order valence-corrected chi connectivity index (χ2v) is 8.25. The van der Waals surface area contributed by atoms with Crippen LogP contribution in [0.15, 0.2) is 22.2 Å². The molecule has 3 atom stereocenters. The van der Waals surface area contributed by atoms with E-state index in [0.717, 1.165) is 5.57 Å². The molecule has 0 amide bonds. The van der Waals surface area contributed by atoms with Gasteiger partial charge in [-0.2, -0.15) is 0 Å². The van der Waals surface area contributed by atoms with Gasteiger partial charge in [0.1, 0.15) is 9.75 Å². The van der Waals surface area contributed by atoms with Crippen LogP contribution >= 0.6 is 69.6 Å². The molecule has 96 valence electrons. The number of halogens is 6. The minimum atomic E-state index is -1.47. The van der Waals surface area contributed by atoms with Crippen molar-refractivity contribution >= 4 is 69.6 Å². The van der Waals surface area contributed by atoms with Crippen LogP contribution in [0.3, 0.4) is 0 Å².